The first kappa shape index (κ1) is 33.9. The molecule has 0 unspecified atom stereocenters. The van der Waals surface area contributed by atoms with Gasteiger partial charge in [-0.2, -0.15) is 22.0 Å². The Morgan fingerprint density at radius 2 is 1.49 bits per heavy atom. The van der Waals surface area contributed by atoms with Crippen molar-refractivity contribution in [3.63, 3.8) is 0 Å². The van der Waals surface area contributed by atoms with Gasteiger partial charge in [0.25, 0.3) is 11.8 Å². The molecule has 2 atom stereocenters. The molecule has 0 saturated heterocycles. The molecule has 15 heteroatoms. The van der Waals surface area contributed by atoms with Gasteiger partial charge >= 0.3 is 12.1 Å². The van der Waals surface area contributed by atoms with E-state index < -0.39 is 78.7 Å². The zero-order chi connectivity index (χ0) is 31.1. The molecule has 0 spiro atoms. The van der Waals surface area contributed by atoms with E-state index in [1.165, 1.54) is 32.0 Å². The first-order valence-electron chi connectivity index (χ1n) is 11.8. The Morgan fingerprint density at radius 1 is 0.927 bits per heavy atom. The van der Waals surface area contributed by atoms with Crippen LogP contribution < -0.4 is 15.4 Å². The summed E-state index contributed by atoms with van der Waals surface area (Å²) in [5.41, 5.74) is 0.0279. The van der Waals surface area contributed by atoms with Crippen molar-refractivity contribution in [1.29, 1.82) is 0 Å². The summed E-state index contributed by atoms with van der Waals surface area (Å²) < 4.78 is 85.0. The van der Waals surface area contributed by atoms with Crippen LogP contribution in [0.25, 0.3) is 0 Å². The molecule has 0 heterocycles. The molecule has 7 nitrogen and oxygen atoms in total. The monoisotopic (exact) mass is 628 g/mol. The van der Waals surface area contributed by atoms with Gasteiger partial charge in [0.2, 0.25) is 5.78 Å². The lowest BCUT2D eigenvalue weighted by Crippen LogP contribution is -2.51. The van der Waals surface area contributed by atoms with E-state index in [0.717, 1.165) is 29.6 Å². The first-order chi connectivity index (χ1) is 18.9. The summed E-state index contributed by atoms with van der Waals surface area (Å²) in [6, 6.07) is 6.77. The van der Waals surface area contributed by atoms with Gasteiger partial charge in [-0.05, 0) is 41.8 Å². The third kappa shape index (κ3) is 10.2. The van der Waals surface area contributed by atoms with Crippen LogP contribution in [-0.2, 0) is 19.2 Å². The number of hydrogen-bond donors (Lipinski definition) is 2. The molecule has 0 aromatic heterocycles. The third-order valence-electron chi connectivity index (χ3n) is 5.64. The summed E-state index contributed by atoms with van der Waals surface area (Å²) in [6.07, 6.45) is -5.95. The minimum absolute atomic E-state index is 0.0279. The van der Waals surface area contributed by atoms with Gasteiger partial charge in [0.1, 0.15) is 24.2 Å². The van der Waals surface area contributed by atoms with Crippen molar-refractivity contribution in [2.75, 3.05) is 13.2 Å². The smallest absolute Gasteiger partial charge is 0.405 e. The Bertz CT molecular complexity index is 1250. The average molecular weight is 629 g/mol. The number of carbonyl (C=O) groups is 4. The Labute approximate surface area is 240 Å². The maximum absolute atomic E-state index is 14.6. The molecule has 41 heavy (non-hydrogen) atoms. The normalized spacial score (nSPS) is 13.3. The predicted molar refractivity (Wildman–Crippen MR) is 136 cm³/mol. The molecule has 2 aromatic carbocycles. The van der Waals surface area contributed by atoms with E-state index in [4.69, 9.17) is 27.9 Å². The van der Waals surface area contributed by atoms with Crippen LogP contribution in [0, 0.1) is 17.7 Å². The maximum Gasteiger partial charge on any atom is 0.405 e. The standard InChI is InChI=1S/C26H24Cl2F6N2O5/c1-13(2)19(23(39)26(33,34)24(40)35-12-25(30,31)32)10-20(37)22(14-3-5-17(29)6-4-14)36-21(38)11-41-18-8-15(27)7-16(28)9-18/h3-9,13,19,22H,10-12H2,1-2H3,(H,35,40)(H,36,38)/t19-,22-/m0/s1. The molecular weight excluding hydrogens is 605 g/mol. The van der Waals surface area contributed by atoms with E-state index >= 15 is 0 Å². The Balaban J connectivity index is 2.25. The second-order valence-electron chi connectivity index (χ2n) is 9.20. The molecule has 2 amide bonds. The Kier molecular flexibility index (Phi) is 11.6. The van der Waals surface area contributed by atoms with Crippen molar-refractivity contribution < 1.29 is 50.3 Å². The van der Waals surface area contributed by atoms with Crippen LogP contribution in [-0.4, -0.2) is 48.6 Å². The molecule has 0 bridgehead atoms. The highest BCUT2D eigenvalue weighted by Crippen LogP contribution is 2.30. The fourth-order valence-electron chi connectivity index (χ4n) is 3.57. The van der Waals surface area contributed by atoms with Gasteiger partial charge in [0.05, 0.1) is 0 Å². The second-order valence-corrected chi connectivity index (χ2v) is 10.1. The number of rotatable bonds is 13. The van der Waals surface area contributed by atoms with Crippen molar-refractivity contribution in [2.24, 2.45) is 11.8 Å². The van der Waals surface area contributed by atoms with Crippen LogP contribution >= 0.6 is 23.2 Å². The molecule has 0 radical (unpaired) electrons. The highest BCUT2D eigenvalue weighted by Gasteiger charge is 2.51. The number of amides is 2. The van der Waals surface area contributed by atoms with Crippen LogP contribution in [0.5, 0.6) is 5.75 Å². The molecule has 0 aliphatic rings. The Morgan fingerprint density at radius 3 is 2.00 bits per heavy atom. The lowest BCUT2D eigenvalue weighted by molar-refractivity contribution is -0.167. The lowest BCUT2D eigenvalue weighted by atomic mass is 9.82. The van der Waals surface area contributed by atoms with Crippen LogP contribution in [0.3, 0.4) is 0 Å². The minimum atomic E-state index is -5.01. The van der Waals surface area contributed by atoms with Crippen LogP contribution in [0.15, 0.2) is 42.5 Å². The maximum atomic E-state index is 14.6. The number of Topliss-reactive ketones (excluding diaryl/α,β-unsaturated/α-hetero) is 2. The summed E-state index contributed by atoms with van der Waals surface area (Å²) in [7, 11) is 0. The van der Waals surface area contributed by atoms with Crippen molar-refractivity contribution in [3.05, 3.63) is 63.9 Å². The molecule has 2 rings (SSSR count). The predicted octanol–water partition coefficient (Wildman–Crippen LogP) is 5.48. The third-order valence-corrected chi connectivity index (χ3v) is 6.08. The zero-order valence-corrected chi connectivity index (χ0v) is 23.0. The molecule has 2 aromatic rings. The molecule has 0 fully saturated rings. The van der Waals surface area contributed by atoms with Crippen LogP contribution in [0.1, 0.15) is 31.9 Å². The molecule has 0 aliphatic carbocycles. The van der Waals surface area contributed by atoms with Gasteiger partial charge in [0, 0.05) is 22.4 Å². The van der Waals surface area contributed by atoms with E-state index in [1.54, 1.807) is 0 Å². The van der Waals surface area contributed by atoms with E-state index in [9.17, 15) is 45.5 Å². The molecule has 0 aliphatic heterocycles. The number of benzene rings is 2. The van der Waals surface area contributed by atoms with E-state index in [0.29, 0.717) is 0 Å². The van der Waals surface area contributed by atoms with Crippen molar-refractivity contribution in [3.8, 4) is 5.75 Å². The highest BCUT2D eigenvalue weighted by atomic mass is 35.5. The minimum Gasteiger partial charge on any atom is -0.484 e. The zero-order valence-electron chi connectivity index (χ0n) is 21.5. The number of halogens is 8. The average Bonchev–Trinajstić information content (AvgIpc) is 2.86. The van der Waals surface area contributed by atoms with E-state index in [2.05, 4.69) is 5.32 Å². The summed E-state index contributed by atoms with van der Waals surface area (Å²) in [5, 5.41) is 3.71. The number of nitrogens with one attached hydrogen (secondary N) is 2. The molecule has 0 saturated carbocycles. The highest BCUT2D eigenvalue weighted by molar-refractivity contribution is 6.34. The molecule has 224 valence electrons. The summed E-state index contributed by atoms with van der Waals surface area (Å²) in [5.74, 6) is -14.7. The summed E-state index contributed by atoms with van der Waals surface area (Å²) >= 11 is 11.8. The topological polar surface area (TPSA) is 102 Å². The number of ether oxygens (including phenoxy) is 1. The number of carbonyl (C=O) groups excluding carboxylic acids is 4. The summed E-state index contributed by atoms with van der Waals surface area (Å²) in [4.78, 5) is 50.3. The fourth-order valence-corrected chi connectivity index (χ4v) is 4.08. The molecular formula is C26H24Cl2F6N2O5. The van der Waals surface area contributed by atoms with E-state index in [1.807, 2.05) is 0 Å². The van der Waals surface area contributed by atoms with Gasteiger partial charge < -0.3 is 15.4 Å². The van der Waals surface area contributed by atoms with E-state index in [-0.39, 0.29) is 21.4 Å². The van der Waals surface area contributed by atoms with Gasteiger partial charge in [-0.15, -0.1) is 0 Å². The van der Waals surface area contributed by atoms with Gasteiger partial charge in [0.15, 0.2) is 12.4 Å². The molecule has 2 N–H and O–H groups in total. The van der Waals surface area contributed by atoms with Gasteiger partial charge in [-0.1, -0.05) is 49.2 Å². The first-order valence-corrected chi connectivity index (χ1v) is 12.6. The second kappa shape index (κ2) is 14.0. The lowest BCUT2D eigenvalue weighted by Gasteiger charge is -2.26. The summed E-state index contributed by atoms with van der Waals surface area (Å²) in [6.45, 7) is -0.183. The Hall–Kier alpha value is -3.32. The van der Waals surface area contributed by atoms with Crippen molar-refractivity contribution in [1.82, 2.24) is 10.6 Å². The van der Waals surface area contributed by atoms with Gasteiger partial charge in [-0.3, -0.25) is 19.2 Å². The van der Waals surface area contributed by atoms with Crippen molar-refractivity contribution >= 4 is 46.6 Å². The van der Waals surface area contributed by atoms with Gasteiger partial charge in [-0.25, -0.2) is 4.39 Å². The van der Waals surface area contributed by atoms with Crippen molar-refractivity contribution in [2.45, 2.75) is 38.4 Å². The SMILES string of the molecule is CC(C)[C@H](CC(=O)[C@@H](NC(=O)COc1cc(Cl)cc(Cl)c1)c1ccc(F)cc1)C(=O)C(F)(F)C(=O)NCC(F)(F)F. The number of ketones is 2. The number of hydrogen-bond acceptors (Lipinski definition) is 5. The van der Waals surface area contributed by atoms with Crippen LogP contribution in [0.4, 0.5) is 26.3 Å². The quantitative estimate of drug-likeness (QED) is 0.226. The fraction of sp³-hybridized carbons (Fsp3) is 0.385. The number of alkyl halides is 5. The largest absolute Gasteiger partial charge is 0.484 e. The van der Waals surface area contributed by atoms with Crippen LogP contribution in [0.2, 0.25) is 10.0 Å².